The first-order valence-corrected chi connectivity index (χ1v) is 8.12. The quantitative estimate of drug-likeness (QED) is 0.627. The second-order valence-electron chi connectivity index (χ2n) is 4.74. The average Bonchev–Trinajstić information content (AvgIpc) is 3.00. The molecule has 2 aromatic heterocycles. The lowest BCUT2D eigenvalue weighted by atomic mass is 10.3. The Kier molecular flexibility index (Phi) is 5.02. The summed E-state index contributed by atoms with van der Waals surface area (Å²) in [6, 6.07) is 12.9. The molecular formula is C14H11Cl4N5. The zero-order valence-corrected chi connectivity index (χ0v) is 14.7. The van der Waals surface area contributed by atoms with Gasteiger partial charge >= 0.3 is 0 Å². The summed E-state index contributed by atoms with van der Waals surface area (Å²) < 4.78 is 3.19. The first-order chi connectivity index (χ1) is 11.0. The van der Waals surface area contributed by atoms with Gasteiger partial charge < -0.3 is 4.90 Å². The molecule has 0 aliphatic heterocycles. The van der Waals surface area contributed by atoms with Crippen LogP contribution in [0.5, 0.6) is 0 Å². The largest absolute Gasteiger partial charge is 0.332 e. The van der Waals surface area contributed by atoms with E-state index in [0.29, 0.717) is 33.9 Å². The van der Waals surface area contributed by atoms with Crippen molar-refractivity contribution in [3.8, 4) is 0 Å². The summed E-state index contributed by atoms with van der Waals surface area (Å²) >= 11 is 24.1. The molecule has 3 rings (SSSR count). The van der Waals surface area contributed by atoms with Gasteiger partial charge in [0, 0.05) is 17.8 Å². The molecule has 5 nitrogen and oxygen atoms in total. The van der Waals surface area contributed by atoms with E-state index in [4.69, 9.17) is 46.4 Å². The van der Waals surface area contributed by atoms with E-state index in [9.17, 15) is 0 Å². The molecule has 0 atom stereocenters. The number of hydrogen-bond acceptors (Lipinski definition) is 3. The van der Waals surface area contributed by atoms with Crippen LogP contribution in [0, 0.1) is 0 Å². The van der Waals surface area contributed by atoms with Crippen LogP contribution in [0.4, 0.5) is 5.69 Å². The van der Waals surface area contributed by atoms with Crippen molar-refractivity contribution in [3.05, 3.63) is 63.1 Å². The highest BCUT2D eigenvalue weighted by atomic mass is 35.5. The topological polar surface area (TPSA) is 38.9 Å². The van der Waals surface area contributed by atoms with Crippen molar-refractivity contribution in [1.82, 2.24) is 19.6 Å². The SMILES string of the molecule is Clc1cc(Cl)n(CN(Cn2nc(Cl)cc2Cl)c2ccccc2)n1. The summed E-state index contributed by atoms with van der Waals surface area (Å²) in [6.07, 6.45) is 0. The van der Waals surface area contributed by atoms with Crippen LogP contribution in [0.1, 0.15) is 0 Å². The number of nitrogens with zero attached hydrogens (tertiary/aromatic N) is 5. The lowest BCUT2D eigenvalue weighted by molar-refractivity contribution is 0.500. The van der Waals surface area contributed by atoms with Gasteiger partial charge in [0.05, 0.1) is 0 Å². The smallest absolute Gasteiger partial charge is 0.152 e. The lowest BCUT2D eigenvalue weighted by Crippen LogP contribution is -2.30. The van der Waals surface area contributed by atoms with E-state index in [1.165, 1.54) is 0 Å². The van der Waals surface area contributed by atoms with Gasteiger partial charge in [-0.15, -0.1) is 0 Å². The molecule has 23 heavy (non-hydrogen) atoms. The number of halogens is 4. The lowest BCUT2D eigenvalue weighted by Gasteiger charge is -2.25. The summed E-state index contributed by atoms with van der Waals surface area (Å²) in [6.45, 7) is 0.757. The van der Waals surface area contributed by atoms with Crippen LogP contribution in [0.25, 0.3) is 0 Å². The maximum Gasteiger partial charge on any atom is 0.152 e. The third kappa shape index (κ3) is 3.93. The highest BCUT2D eigenvalue weighted by molar-refractivity contribution is 6.34. The van der Waals surface area contributed by atoms with Crippen LogP contribution in [0.15, 0.2) is 42.5 Å². The van der Waals surface area contributed by atoms with Gasteiger partial charge in [0.1, 0.15) is 23.6 Å². The third-order valence-electron chi connectivity index (χ3n) is 3.13. The molecule has 0 N–H and O–H groups in total. The Balaban J connectivity index is 1.91. The zero-order chi connectivity index (χ0) is 16.4. The standard InChI is InChI=1S/C14H11Cl4N5/c15-11-6-13(17)22(19-11)8-21(10-4-2-1-3-5-10)9-23-14(18)7-12(16)20-23/h1-7H,8-9H2. The molecule has 0 saturated carbocycles. The van der Waals surface area contributed by atoms with Crippen LogP contribution < -0.4 is 4.90 Å². The van der Waals surface area contributed by atoms with Gasteiger partial charge in [0.15, 0.2) is 10.3 Å². The molecule has 0 unspecified atom stereocenters. The fourth-order valence-electron chi connectivity index (χ4n) is 2.10. The van der Waals surface area contributed by atoms with Crippen molar-refractivity contribution in [1.29, 1.82) is 0 Å². The van der Waals surface area contributed by atoms with Gasteiger partial charge in [0.25, 0.3) is 0 Å². The summed E-state index contributed by atoms with van der Waals surface area (Å²) in [5.41, 5.74) is 0.956. The minimum absolute atomic E-state index is 0.336. The average molecular weight is 391 g/mol. The molecule has 9 heteroatoms. The Morgan fingerprint density at radius 1 is 0.783 bits per heavy atom. The first kappa shape index (κ1) is 16.5. The van der Waals surface area contributed by atoms with Crippen molar-refractivity contribution in [2.75, 3.05) is 4.90 Å². The van der Waals surface area contributed by atoms with Crippen LogP contribution in [-0.4, -0.2) is 19.6 Å². The maximum absolute atomic E-state index is 6.13. The molecule has 0 amide bonds. The van der Waals surface area contributed by atoms with E-state index < -0.39 is 0 Å². The molecule has 0 fully saturated rings. The van der Waals surface area contributed by atoms with Gasteiger partial charge in [-0.25, -0.2) is 9.36 Å². The van der Waals surface area contributed by atoms with Crippen molar-refractivity contribution in [2.24, 2.45) is 0 Å². The van der Waals surface area contributed by atoms with E-state index in [2.05, 4.69) is 10.2 Å². The van der Waals surface area contributed by atoms with E-state index >= 15 is 0 Å². The summed E-state index contributed by atoms with van der Waals surface area (Å²) in [7, 11) is 0. The molecule has 1 aromatic carbocycles. The fourth-order valence-corrected chi connectivity index (χ4v) is 2.99. The third-order valence-corrected chi connectivity index (χ3v) is 4.11. The van der Waals surface area contributed by atoms with E-state index in [1.807, 2.05) is 35.2 Å². The van der Waals surface area contributed by atoms with E-state index in [1.54, 1.807) is 21.5 Å². The van der Waals surface area contributed by atoms with E-state index in [0.717, 1.165) is 5.69 Å². The minimum atomic E-state index is 0.336. The molecule has 0 spiro atoms. The predicted octanol–water partition coefficient (Wildman–Crippen LogP) is 4.82. The number of benzene rings is 1. The molecule has 0 aliphatic rings. The number of rotatable bonds is 5. The van der Waals surface area contributed by atoms with Gasteiger partial charge in [-0.3, -0.25) is 0 Å². The van der Waals surface area contributed by atoms with Gasteiger partial charge in [-0.05, 0) is 12.1 Å². The van der Waals surface area contributed by atoms with Crippen LogP contribution in [0.2, 0.25) is 20.6 Å². The first-order valence-electron chi connectivity index (χ1n) is 6.60. The number of hydrogen-bond donors (Lipinski definition) is 0. The van der Waals surface area contributed by atoms with Gasteiger partial charge in [-0.1, -0.05) is 64.6 Å². The molecule has 120 valence electrons. The Morgan fingerprint density at radius 2 is 1.26 bits per heavy atom. The summed E-state index contributed by atoms with van der Waals surface area (Å²) in [4.78, 5) is 1.99. The predicted molar refractivity (Wildman–Crippen MR) is 93.4 cm³/mol. The molecular weight excluding hydrogens is 380 g/mol. The summed E-state index contributed by atoms with van der Waals surface area (Å²) in [5.74, 6) is 0. The van der Waals surface area contributed by atoms with Crippen molar-refractivity contribution in [3.63, 3.8) is 0 Å². The summed E-state index contributed by atoms with van der Waals surface area (Å²) in [5, 5.41) is 9.89. The van der Waals surface area contributed by atoms with Crippen molar-refractivity contribution >= 4 is 52.1 Å². The molecule has 2 heterocycles. The van der Waals surface area contributed by atoms with Crippen LogP contribution in [0.3, 0.4) is 0 Å². The molecule has 0 bridgehead atoms. The molecule has 0 radical (unpaired) electrons. The Morgan fingerprint density at radius 3 is 1.65 bits per heavy atom. The molecule has 3 aromatic rings. The molecule has 0 aliphatic carbocycles. The van der Waals surface area contributed by atoms with Gasteiger partial charge in [0.2, 0.25) is 0 Å². The van der Waals surface area contributed by atoms with E-state index in [-0.39, 0.29) is 0 Å². The Labute approximate surface area is 152 Å². The molecule has 0 saturated heterocycles. The maximum atomic E-state index is 6.13. The van der Waals surface area contributed by atoms with Crippen LogP contribution >= 0.6 is 46.4 Å². The number of anilines is 1. The number of para-hydroxylation sites is 1. The number of aromatic nitrogens is 4. The second kappa shape index (κ2) is 7.01. The second-order valence-corrected chi connectivity index (χ2v) is 6.29. The minimum Gasteiger partial charge on any atom is -0.332 e. The van der Waals surface area contributed by atoms with Crippen molar-refractivity contribution in [2.45, 2.75) is 13.3 Å². The highest BCUT2D eigenvalue weighted by Crippen LogP contribution is 2.22. The highest BCUT2D eigenvalue weighted by Gasteiger charge is 2.14. The Bertz CT molecular complexity index is 751. The van der Waals surface area contributed by atoms with Crippen molar-refractivity contribution < 1.29 is 0 Å². The zero-order valence-electron chi connectivity index (χ0n) is 11.7. The normalized spacial score (nSPS) is 11.0. The monoisotopic (exact) mass is 389 g/mol. The Hall–Kier alpha value is -1.40. The van der Waals surface area contributed by atoms with Gasteiger partial charge in [-0.2, -0.15) is 10.2 Å². The van der Waals surface area contributed by atoms with Crippen LogP contribution in [-0.2, 0) is 13.3 Å². The fraction of sp³-hybridized carbons (Fsp3) is 0.143.